The topological polar surface area (TPSA) is 75.7 Å². The van der Waals surface area contributed by atoms with Gasteiger partial charge in [-0.2, -0.15) is 0 Å². The van der Waals surface area contributed by atoms with E-state index in [1.807, 2.05) is 12.1 Å². The first-order chi connectivity index (χ1) is 13.8. The highest BCUT2D eigenvalue weighted by atomic mass is 35.5. The third kappa shape index (κ3) is 3.57. The van der Waals surface area contributed by atoms with Crippen molar-refractivity contribution in [2.45, 2.75) is 22.6 Å². The number of benzene rings is 2. The second-order valence-electron chi connectivity index (χ2n) is 6.45. The van der Waals surface area contributed by atoms with Crippen LogP contribution >= 0.6 is 46.6 Å². The van der Waals surface area contributed by atoms with Crippen molar-refractivity contribution in [3.8, 4) is 0 Å². The number of thioether (sulfide) groups is 1. The molecule has 0 aliphatic carbocycles. The van der Waals surface area contributed by atoms with E-state index in [0.29, 0.717) is 17.1 Å². The molecule has 2 heterocycles. The summed E-state index contributed by atoms with van der Waals surface area (Å²) in [5, 5.41) is 3.16. The molecular formula is C19H13Cl3N2O4S. The Balaban J connectivity index is 1.46. The number of fused-ring (bicyclic) bond motifs is 3. The van der Waals surface area contributed by atoms with Crippen molar-refractivity contribution in [2.75, 3.05) is 16.8 Å². The van der Waals surface area contributed by atoms with Crippen LogP contribution in [-0.2, 0) is 19.1 Å². The van der Waals surface area contributed by atoms with E-state index in [1.54, 1.807) is 12.1 Å². The summed E-state index contributed by atoms with van der Waals surface area (Å²) in [6.07, 6.45) is 0.541. The molecule has 4 rings (SSSR count). The highest BCUT2D eigenvalue weighted by molar-refractivity contribution is 8.02. The minimum atomic E-state index is -1.18. The fourth-order valence-corrected chi connectivity index (χ4v) is 5.68. The van der Waals surface area contributed by atoms with E-state index in [-0.39, 0.29) is 28.1 Å². The molecule has 2 amide bonds. The van der Waals surface area contributed by atoms with E-state index in [1.165, 1.54) is 28.8 Å². The number of para-hydroxylation sites is 1. The lowest BCUT2D eigenvalue weighted by Gasteiger charge is -2.28. The Kier molecular flexibility index (Phi) is 5.42. The van der Waals surface area contributed by atoms with Crippen LogP contribution in [0.1, 0.15) is 12.8 Å². The predicted octanol–water partition coefficient (Wildman–Crippen LogP) is 4.76. The smallest absolute Gasteiger partial charge is 0.344 e. The van der Waals surface area contributed by atoms with Gasteiger partial charge in [0.1, 0.15) is 0 Å². The first-order valence-electron chi connectivity index (χ1n) is 8.54. The summed E-state index contributed by atoms with van der Waals surface area (Å²) in [7, 11) is 0. The zero-order valence-electron chi connectivity index (χ0n) is 14.7. The van der Waals surface area contributed by atoms with Crippen molar-refractivity contribution in [3.05, 3.63) is 51.5 Å². The normalized spacial score (nSPS) is 19.7. The number of anilines is 2. The summed E-state index contributed by atoms with van der Waals surface area (Å²) in [5.74, 6) is -1.41. The molecule has 1 N–H and O–H groups in total. The molecule has 150 valence electrons. The molecule has 1 atom stereocenters. The number of hydrogen-bond acceptors (Lipinski definition) is 5. The number of hydrogen-bond donors (Lipinski definition) is 1. The summed E-state index contributed by atoms with van der Waals surface area (Å²) in [6, 6.07) is 10.1. The van der Waals surface area contributed by atoms with Crippen LogP contribution < -0.4 is 10.2 Å². The van der Waals surface area contributed by atoms with Crippen LogP contribution in [0.4, 0.5) is 11.4 Å². The van der Waals surface area contributed by atoms with Gasteiger partial charge in [-0.1, -0.05) is 58.7 Å². The number of nitrogens with one attached hydrogen (secondary N) is 1. The highest BCUT2D eigenvalue weighted by Gasteiger charge is 2.58. The third-order valence-corrected chi connectivity index (χ3v) is 6.87. The van der Waals surface area contributed by atoms with Crippen molar-refractivity contribution >= 4 is 75.7 Å². The molecular weight excluding hydrogens is 459 g/mol. The summed E-state index contributed by atoms with van der Waals surface area (Å²) >= 11 is 19.2. The first-order valence-corrected chi connectivity index (χ1v) is 10.5. The third-order valence-electron chi connectivity index (χ3n) is 4.60. The molecule has 29 heavy (non-hydrogen) atoms. The number of carbonyl (C=O) groups excluding carboxylic acids is 3. The van der Waals surface area contributed by atoms with Gasteiger partial charge in [-0.3, -0.25) is 14.5 Å². The largest absolute Gasteiger partial charge is 0.453 e. The molecule has 1 unspecified atom stereocenters. The van der Waals surface area contributed by atoms with Crippen LogP contribution in [0.15, 0.2) is 41.3 Å². The van der Waals surface area contributed by atoms with Gasteiger partial charge in [-0.05, 0) is 24.3 Å². The maximum Gasteiger partial charge on any atom is 0.344 e. The quantitative estimate of drug-likeness (QED) is 0.651. The second kappa shape index (κ2) is 7.72. The standard InChI is InChI=1S/C19H13Cl3N2O4S/c20-10-7-11(21)17(12(22)8-10)23-15(25)9-28-18(27)19-6-5-16(26)24(19)13-3-1-2-4-14(13)29-19/h1-4,7-8H,5-6,9H2,(H,23,25). The molecule has 0 spiro atoms. The fourth-order valence-electron chi connectivity index (χ4n) is 3.35. The maximum absolute atomic E-state index is 12.9. The average molecular weight is 472 g/mol. The predicted molar refractivity (Wildman–Crippen MR) is 113 cm³/mol. The van der Waals surface area contributed by atoms with Gasteiger partial charge in [0.2, 0.25) is 5.91 Å². The molecule has 2 aliphatic heterocycles. The molecule has 0 aromatic heterocycles. The fraction of sp³-hybridized carbons (Fsp3) is 0.211. The molecule has 0 bridgehead atoms. The SMILES string of the molecule is O=C(COC(=O)C12CCC(=O)N1c1ccccc1S2)Nc1c(Cl)cc(Cl)cc1Cl. The van der Waals surface area contributed by atoms with Gasteiger partial charge in [0, 0.05) is 22.8 Å². The number of amides is 2. The summed E-state index contributed by atoms with van der Waals surface area (Å²) in [5.41, 5.74) is 0.860. The van der Waals surface area contributed by atoms with E-state index in [9.17, 15) is 14.4 Å². The molecule has 2 aromatic rings. The number of ether oxygens (including phenoxy) is 1. The molecule has 2 aliphatic rings. The summed E-state index contributed by atoms with van der Waals surface area (Å²) < 4.78 is 5.27. The molecule has 1 saturated heterocycles. The Labute approximate surface area is 185 Å². The zero-order valence-corrected chi connectivity index (χ0v) is 17.8. The molecule has 1 fully saturated rings. The average Bonchev–Trinajstić information content (AvgIpc) is 3.18. The number of nitrogens with zero attached hydrogens (tertiary/aromatic N) is 1. The van der Waals surface area contributed by atoms with Crippen LogP contribution in [0.5, 0.6) is 0 Å². The van der Waals surface area contributed by atoms with Crippen molar-refractivity contribution in [1.82, 2.24) is 0 Å². The van der Waals surface area contributed by atoms with Gasteiger partial charge in [0.25, 0.3) is 5.91 Å². The van der Waals surface area contributed by atoms with Gasteiger partial charge >= 0.3 is 5.97 Å². The van der Waals surface area contributed by atoms with E-state index in [2.05, 4.69) is 5.32 Å². The van der Waals surface area contributed by atoms with Crippen molar-refractivity contribution in [2.24, 2.45) is 0 Å². The lowest BCUT2D eigenvalue weighted by Crippen LogP contribution is -2.48. The van der Waals surface area contributed by atoms with Crippen LogP contribution in [0.2, 0.25) is 15.1 Å². The van der Waals surface area contributed by atoms with E-state index >= 15 is 0 Å². The van der Waals surface area contributed by atoms with Crippen molar-refractivity contribution < 1.29 is 19.1 Å². The van der Waals surface area contributed by atoms with Crippen LogP contribution in [0.25, 0.3) is 0 Å². The Morgan fingerprint density at radius 2 is 1.86 bits per heavy atom. The zero-order chi connectivity index (χ0) is 20.8. The molecule has 10 heteroatoms. The van der Waals surface area contributed by atoms with Gasteiger partial charge in [-0.15, -0.1) is 0 Å². The van der Waals surface area contributed by atoms with Crippen molar-refractivity contribution in [1.29, 1.82) is 0 Å². The molecule has 0 saturated carbocycles. The van der Waals surface area contributed by atoms with Gasteiger partial charge in [0.05, 0.1) is 21.4 Å². The summed E-state index contributed by atoms with van der Waals surface area (Å²) in [6.45, 7) is -0.547. The maximum atomic E-state index is 12.9. The molecule has 0 radical (unpaired) electrons. The molecule has 2 aromatic carbocycles. The molecule has 6 nitrogen and oxygen atoms in total. The monoisotopic (exact) mass is 470 g/mol. The van der Waals surface area contributed by atoms with E-state index in [4.69, 9.17) is 39.5 Å². The van der Waals surface area contributed by atoms with E-state index in [0.717, 1.165) is 4.90 Å². The Morgan fingerprint density at radius 1 is 1.17 bits per heavy atom. The first kappa shape index (κ1) is 20.3. The lowest BCUT2D eigenvalue weighted by atomic mass is 10.2. The minimum Gasteiger partial charge on any atom is -0.453 e. The highest BCUT2D eigenvalue weighted by Crippen LogP contribution is 2.56. The van der Waals surface area contributed by atoms with E-state index < -0.39 is 23.4 Å². The van der Waals surface area contributed by atoms with Crippen molar-refractivity contribution in [3.63, 3.8) is 0 Å². The van der Waals surface area contributed by atoms with Crippen LogP contribution in [0.3, 0.4) is 0 Å². The van der Waals surface area contributed by atoms with Gasteiger partial charge < -0.3 is 10.1 Å². The lowest BCUT2D eigenvalue weighted by molar-refractivity contribution is -0.149. The Morgan fingerprint density at radius 3 is 2.59 bits per heavy atom. The van der Waals surface area contributed by atoms with Gasteiger partial charge in [0.15, 0.2) is 11.5 Å². The number of halogens is 3. The minimum absolute atomic E-state index is 0.149. The Bertz CT molecular complexity index is 1020. The number of carbonyl (C=O) groups is 3. The second-order valence-corrected chi connectivity index (χ2v) is 9.02. The van der Waals surface area contributed by atoms with Crippen LogP contribution in [-0.4, -0.2) is 29.3 Å². The number of esters is 1. The number of rotatable bonds is 4. The summed E-state index contributed by atoms with van der Waals surface area (Å²) in [4.78, 5) is 38.7. The van der Waals surface area contributed by atoms with Gasteiger partial charge in [-0.25, -0.2) is 4.79 Å². The Hall–Kier alpha value is -1.93. The van der Waals surface area contributed by atoms with Crippen LogP contribution in [0, 0.1) is 0 Å².